The molecular weight excluding hydrogens is 391 g/mol. The van der Waals surface area contributed by atoms with Crippen molar-refractivity contribution in [2.45, 2.75) is 25.9 Å². The van der Waals surface area contributed by atoms with E-state index in [1.807, 2.05) is 67.3 Å². The maximum absolute atomic E-state index is 13.4. The molecule has 31 heavy (non-hydrogen) atoms. The molecule has 1 aliphatic rings. The first-order valence-electron chi connectivity index (χ1n) is 10.3. The van der Waals surface area contributed by atoms with Crippen molar-refractivity contribution >= 4 is 22.5 Å². The Morgan fingerprint density at radius 2 is 1.65 bits per heavy atom. The van der Waals surface area contributed by atoms with E-state index in [1.165, 1.54) is 12.1 Å². The van der Waals surface area contributed by atoms with Crippen LogP contribution in [-0.2, 0) is 4.79 Å². The Morgan fingerprint density at radius 1 is 0.968 bits per heavy atom. The zero-order chi connectivity index (χ0) is 21.8. The van der Waals surface area contributed by atoms with Crippen LogP contribution in [0.15, 0.2) is 79.0 Å². The van der Waals surface area contributed by atoms with E-state index in [0.717, 1.165) is 27.8 Å². The smallest absolute Gasteiger partial charge is 0.234 e. The van der Waals surface area contributed by atoms with Gasteiger partial charge in [-0.25, -0.2) is 9.07 Å². The van der Waals surface area contributed by atoms with Gasteiger partial charge in [0, 0.05) is 17.1 Å². The summed E-state index contributed by atoms with van der Waals surface area (Å²) in [6, 6.07) is 21.3. The van der Waals surface area contributed by atoms with Crippen LogP contribution in [-0.4, -0.2) is 21.7 Å². The molecule has 2 unspecified atom stereocenters. The number of aromatic nitrogens is 2. The summed E-state index contributed by atoms with van der Waals surface area (Å²) in [5.41, 5.74) is 9.36. The second-order valence-electron chi connectivity index (χ2n) is 8.55. The molecule has 6 heteroatoms. The lowest BCUT2D eigenvalue weighted by molar-refractivity contribution is -0.124. The molecule has 2 atom stereocenters. The van der Waals surface area contributed by atoms with E-state index in [1.54, 1.807) is 23.0 Å². The van der Waals surface area contributed by atoms with Gasteiger partial charge in [0.05, 0.1) is 28.9 Å². The molecule has 4 aromatic rings. The third-order valence-electron chi connectivity index (χ3n) is 6.26. The molecule has 5 rings (SSSR count). The summed E-state index contributed by atoms with van der Waals surface area (Å²) >= 11 is 0. The van der Waals surface area contributed by atoms with Crippen molar-refractivity contribution in [3.8, 4) is 5.69 Å². The van der Waals surface area contributed by atoms with Crippen LogP contribution in [0.25, 0.3) is 16.6 Å². The number of carbonyl (C=O) groups excluding carboxylic acids is 1. The largest absolute Gasteiger partial charge is 0.325 e. The Balaban J connectivity index is 1.60. The van der Waals surface area contributed by atoms with Crippen molar-refractivity contribution in [3.05, 3.63) is 90.4 Å². The average Bonchev–Trinajstić information content (AvgIpc) is 3.27. The summed E-state index contributed by atoms with van der Waals surface area (Å²) in [4.78, 5) is 15.2. The molecule has 1 fully saturated rings. The van der Waals surface area contributed by atoms with Crippen LogP contribution < -0.4 is 10.6 Å². The second-order valence-corrected chi connectivity index (χ2v) is 8.55. The Hall–Kier alpha value is -3.51. The molecule has 0 saturated carbocycles. The summed E-state index contributed by atoms with van der Waals surface area (Å²) in [5, 5.41) is 5.36. The maximum atomic E-state index is 13.4. The number of hydrogen-bond acceptors (Lipinski definition) is 3. The van der Waals surface area contributed by atoms with Gasteiger partial charge < -0.3 is 10.6 Å². The molecule has 5 nitrogen and oxygen atoms in total. The molecule has 0 aliphatic carbocycles. The van der Waals surface area contributed by atoms with Gasteiger partial charge in [-0.15, -0.1) is 0 Å². The molecular formula is C25H23FN4O. The van der Waals surface area contributed by atoms with E-state index in [0.29, 0.717) is 0 Å². The molecule has 0 radical (unpaired) electrons. The maximum Gasteiger partial charge on any atom is 0.234 e. The Labute approximate surface area is 179 Å². The normalized spacial score (nSPS) is 20.5. The van der Waals surface area contributed by atoms with Gasteiger partial charge >= 0.3 is 0 Å². The highest BCUT2D eigenvalue weighted by atomic mass is 19.1. The van der Waals surface area contributed by atoms with Crippen molar-refractivity contribution < 1.29 is 9.18 Å². The van der Waals surface area contributed by atoms with Gasteiger partial charge in [-0.1, -0.05) is 30.3 Å². The molecule has 1 aliphatic heterocycles. The monoisotopic (exact) mass is 414 g/mol. The highest BCUT2D eigenvalue weighted by molar-refractivity contribution is 6.03. The van der Waals surface area contributed by atoms with E-state index in [2.05, 4.69) is 5.10 Å². The van der Waals surface area contributed by atoms with Gasteiger partial charge in [0.25, 0.3) is 0 Å². The number of hydrogen-bond donors (Lipinski definition) is 1. The molecule has 1 aromatic heterocycles. The topological polar surface area (TPSA) is 64.2 Å². The predicted octanol–water partition coefficient (Wildman–Crippen LogP) is 4.61. The summed E-state index contributed by atoms with van der Waals surface area (Å²) in [6.07, 6.45) is 1.76. The summed E-state index contributed by atoms with van der Waals surface area (Å²) in [6.45, 7) is 3.81. The lowest BCUT2D eigenvalue weighted by Crippen LogP contribution is -2.38. The number of halogens is 1. The van der Waals surface area contributed by atoms with Gasteiger partial charge in [0.15, 0.2) is 0 Å². The molecule has 1 saturated heterocycles. The molecule has 3 aromatic carbocycles. The fraction of sp³-hybridized carbons (Fsp3) is 0.200. The molecule has 0 bridgehead atoms. The van der Waals surface area contributed by atoms with E-state index in [-0.39, 0.29) is 23.8 Å². The minimum absolute atomic E-state index is 0.000806. The first kappa shape index (κ1) is 19.5. The van der Waals surface area contributed by atoms with E-state index in [4.69, 9.17) is 5.73 Å². The van der Waals surface area contributed by atoms with Gasteiger partial charge in [-0.05, 0) is 61.9 Å². The van der Waals surface area contributed by atoms with Gasteiger partial charge in [0.2, 0.25) is 5.91 Å². The predicted molar refractivity (Wildman–Crippen MR) is 119 cm³/mol. The van der Waals surface area contributed by atoms with Crippen LogP contribution in [0.3, 0.4) is 0 Å². The van der Waals surface area contributed by atoms with E-state index < -0.39 is 5.41 Å². The van der Waals surface area contributed by atoms with Crippen LogP contribution in [0.2, 0.25) is 0 Å². The molecule has 2 N–H and O–H groups in total. The second kappa shape index (κ2) is 7.03. The van der Waals surface area contributed by atoms with Crippen LogP contribution in [0.1, 0.15) is 25.5 Å². The first-order chi connectivity index (χ1) is 14.9. The highest BCUT2D eigenvalue weighted by Gasteiger charge is 2.53. The van der Waals surface area contributed by atoms with E-state index in [9.17, 15) is 9.18 Å². The lowest BCUT2D eigenvalue weighted by Gasteiger charge is -2.27. The van der Waals surface area contributed by atoms with Crippen molar-refractivity contribution in [3.63, 3.8) is 0 Å². The highest BCUT2D eigenvalue weighted by Crippen LogP contribution is 2.45. The third-order valence-corrected chi connectivity index (χ3v) is 6.26. The number of nitrogens with two attached hydrogens (primary N) is 1. The van der Waals surface area contributed by atoms with Gasteiger partial charge in [-0.3, -0.25) is 4.79 Å². The molecule has 156 valence electrons. The quantitative estimate of drug-likeness (QED) is 0.533. The summed E-state index contributed by atoms with van der Waals surface area (Å²) < 4.78 is 15.1. The molecule has 2 heterocycles. The standard InChI is InChI=1S/C25H23FN4O/c1-25(2)23(27)22(16-6-4-3-5-7-16)29(24(25)31)20-12-13-21-17(14-20)15-28-30(21)19-10-8-18(26)9-11-19/h3-15,22-23H,27H2,1-2H3. The molecule has 0 spiro atoms. The average molecular weight is 414 g/mol. The fourth-order valence-electron chi connectivity index (χ4n) is 4.38. The lowest BCUT2D eigenvalue weighted by atomic mass is 9.83. The van der Waals surface area contributed by atoms with Crippen LogP contribution in [0.4, 0.5) is 10.1 Å². The number of fused-ring (bicyclic) bond motifs is 1. The fourth-order valence-corrected chi connectivity index (χ4v) is 4.38. The minimum atomic E-state index is -0.687. The minimum Gasteiger partial charge on any atom is -0.325 e. The van der Waals surface area contributed by atoms with Crippen LogP contribution >= 0.6 is 0 Å². The first-order valence-corrected chi connectivity index (χ1v) is 10.3. The number of anilines is 1. The summed E-state index contributed by atoms with van der Waals surface area (Å²) in [7, 11) is 0. The van der Waals surface area contributed by atoms with Crippen molar-refractivity contribution in [1.82, 2.24) is 9.78 Å². The SMILES string of the molecule is CC1(C)C(=O)N(c2ccc3c(cnn3-c3ccc(F)cc3)c2)C(c2ccccc2)C1N. The zero-order valence-corrected chi connectivity index (χ0v) is 17.4. The zero-order valence-electron chi connectivity index (χ0n) is 17.4. The van der Waals surface area contributed by atoms with Crippen molar-refractivity contribution in [2.24, 2.45) is 11.1 Å². The number of rotatable bonds is 3. The third kappa shape index (κ3) is 3.02. The van der Waals surface area contributed by atoms with Gasteiger partial charge in [-0.2, -0.15) is 5.10 Å². The Bertz CT molecular complexity index is 1260. The summed E-state index contributed by atoms with van der Waals surface area (Å²) in [5.74, 6) is -0.292. The number of carbonyl (C=O) groups is 1. The van der Waals surface area contributed by atoms with Gasteiger partial charge in [0.1, 0.15) is 5.82 Å². The van der Waals surface area contributed by atoms with Crippen molar-refractivity contribution in [1.29, 1.82) is 0 Å². The van der Waals surface area contributed by atoms with Crippen LogP contribution in [0, 0.1) is 11.2 Å². The number of nitrogens with zero attached hydrogens (tertiary/aromatic N) is 3. The van der Waals surface area contributed by atoms with E-state index >= 15 is 0 Å². The number of amides is 1. The number of benzene rings is 3. The molecule has 1 amide bonds. The Morgan fingerprint density at radius 3 is 2.35 bits per heavy atom. The van der Waals surface area contributed by atoms with Crippen molar-refractivity contribution in [2.75, 3.05) is 4.90 Å². The van der Waals surface area contributed by atoms with Crippen LogP contribution in [0.5, 0.6) is 0 Å². The Kier molecular flexibility index (Phi) is 4.41.